The maximum atomic E-state index is 13.7. The molecule has 0 spiro atoms. The predicted molar refractivity (Wildman–Crippen MR) is 122 cm³/mol. The van der Waals surface area contributed by atoms with Crippen LogP contribution in [0.5, 0.6) is 0 Å². The number of rotatable bonds is 6. The number of halogens is 1. The topological polar surface area (TPSA) is 51.9 Å². The van der Waals surface area contributed by atoms with E-state index < -0.39 is 0 Å². The molecule has 0 radical (unpaired) electrons. The van der Waals surface area contributed by atoms with Crippen LogP contribution in [-0.2, 0) is 19.6 Å². The Hall–Kier alpha value is -3.45. The highest BCUT2D eigenvalue weighted by atomic mass is 32.1. The second-order valence-corrected chi connectivity index (χ2v) is 8.31. The predicted octanol–water partition coefficient (Wildman–Crippen LogP) is 5.19. The van der Waals surface area contributed by atoms with E-state index in [-0.39, 0.29) is 11.7 Å². The van der Waals surface area contributed by atoms with Gasteiger partial charge < -0.3 is 14.5 Å². The number of benzene rings is 2. The molecule has 156 valence electrons. The second-order valence-electron chi connectivity index (χ2n) is 7.36. The zero-order valence-corrected chi connectivity index (χ0v) is 17.8. The maximum Gasteiger partial charge on any atom is 0.268 e. The van der Waals surface area contributed by atoms with E-state index >= 15 is 0 Å². The number of aromatic nitrogens is 3. The molecular formula is C24H21FN4OS. The average Bonchev–Trinajstić information content (AvgIpc) is 3.45. The smallest absolute Gasteiger partial charge is 0.268 e. The number of para-hydroxylation sites is 2. The third-order valence-corrected chi connectivity index (χ3v) is 6.30. The number of fused-ring (bicyclic) bond motifs is 2. The van der Waals surface area contributed by atoms with Gasteiger partial charge in [-0.1, -0.05) is 24.3 Å². The van der Waals surface area contributed by atoms with Crippen molar-refractivity contribution in [1.82, 2.24) is 19.4 Å². The number of imidazole rings is 1. The molecule has 31 heavy (non-hydrogen) atoms. The van der Waals surface area contributed by atoms with Crippen LogP contribution >= 0.6 is 11.3 Å². The summed E-state index contributed by atoms with van der Waals surface area (Å²) in [7, 11) is 0. The first-order valence-electron chi connectivity index (χ1n) is 10.2. The lowest BCUT2D eigenvalue weighted by Crippen LogP contribution is -2.27. The summed E-state index contributed by atoms with van der Waals surface area (Å²) < 4.78 is 18.8. The molecule has 1 N–H and O–H groups in total. The molecule has 7 heteroatoms. The average molecular weight is 433 g/mol. The van der Waals surface area contributed by atoms with Gasteiger partial charge in [0.1, 0.15) is 17.3 Å². The van der Waals surface area contributed by atoms with Crippen molar-refractivity contribution in [2.24, 2.45) is 0 Å². The van der Waals surface area contributed by atoms with Crippen LogP contribution in [-0.4, -0.2) is 20.0 Å². The summed E-state index contributed by atoms with van der Waals surface area (Å²) in [5.74, 6) is 0.368. The molecule has 3 aromatic heterocycles. The summed E-state index contributed by atoms with van der Waals surface area (Å²) in [6.07, 6.45) is 0. The van der Waals surface area contributed by atoms with Gasteiger partial charge in [0.25, 0.3) is 5.91 Å². The first kappa shape index (κ1) is 19.5. The minimum absolute atomic E-state index is 0.172. The van der Waals surface area contributed by atoms with Crippen LogP contribution in [0.1, 0.15) is 28.8 Å². The van der Waals surface area contributed by atoms with Crippen molar-refractivity contribution in [2.45, 2.75) is 26.6 Å². The van der Waals surface area contributed by atoms with E-state index in [9.17, 15) is 9.18 Å². The van der Waals surface area contributed by atoms with Crippen LogP contribution in [0, 0.1) is 5.82 Å². The van der Waals surface area contributed by atoms with Gasteiger partial charge in [0.15, 0.2) is 0 Å². The Bertz CT molecular complexity index is 1400. The van der Waals surface area contributed by atoms with Gasteiger partial charge in [0, 0.05) is 13.1 Å². The first-order chi connectivity index (χ1) is 15.1. The van der Waals surface area contributed by atoms with Gasteiger partial charge in [-0.05, 0) is 54.3 Å². The Balaban J connectivity index is 1.43. The van der Waals surface area contributed by atoms with Gasteiger partial charge in [-0.25, -0.2) is 9.37 Å². The van der Waals surface area contributed by atoms with Gasteiger partial charge >= 0.3 is 0 Å². The van der Waals surface area contributed by atoms with E-state index in [1.807, 2.05) is 52.4 Å². The van der Waals surface area contributed by atoms with Crippen molar-refractivity contribution in [3.05, 3.63) is 88.9 Å². The summed E-state index contributed by atoms with van der Waals surface area (Å²) in [6.45, 7) is 3.60. The Morgan fingerprint density at radius 1 is 1.06 bits per heavy atom. The molecule has 3 heterocycles. The van der Waals surface area contributed by atoms with Gasteiger partial charge in [0.05, 0.1) is 27.8 Å². The van der Waals surface area contributed by atoms with E-state index in [1.165, 1.54) is 12.1 Å². The van der Waals surface area contributed by atoms with E-state index in [0.717, 1.165) is 39.2 Å². The molecule has 5 rings (SSSR count). The molecule has 0 unspecified atom stereocenters. The molecular weight excluding hydrogens is 411 g/mol. The number of carbonyl (C=O) groups is 1. The standard InChI is InChI=1S/C24H21FN4OS/c1-2-28-19-9-4-3-8-18(19)27-23(28)14-26-24(30)21-13-22-20(10-11-31-22)29(21)15-16-6-5-7-17(25)12-16/h3-13H,2,14-15H2,1H3,(H,26,30). The van der Waals surface area contributed by atoms with E-state index in [2.05, 4.69) is 21.8 Å². The second kappa shape index (κ2) is 8.00. The number of nitrogens with zero attached hydrogens (tertiary/aromatic N) is 3. The quantitative estimate of drug-likeness (QED) is 0.401. The SMILES string of the molecule is CCn1c(CNC(=O)c2cc3sccc3n2Cc2cccc(F)c2)nc2ccccc21. The van der Waals surface area contributed by atoms with Gasteiger partial charge in [-0.2, -0.15) is 0 Å². The van der Waals surface area contributed by atoms with Gasteiger partial charge in [0.2, 0.25) is 0 Å². The summed E-state index contributed by atoms with van der Waals surface area (Å²) in [5.41, 5.74) is 4.32. The maximum absolute atomic E-state index is 13.7. The summed E-state index contributed by atoms with van der Waals surface area (Å²) in [6, 6.07) is 18.3. The van der Waals surface area contributed by atoms with Crippen molar-refractivity contribution in [2.75, 3.05) is 0 Å². The third-order valence-electron chi connectivity index (χ3n) is 5.44. The normalized spacial score (nSPS) is 11.4. The fourth-order valence-corrected chi connectivity index (χ4v) is 4.84. The summed E-state index contributed by atoms with van der Waals surface area (Å²) in [4.78, 5) is 17.8. The molecule has 0 aliphatic rings. The Morgan fingerprint density at radius 2 is 1.94 bits per heavy atom. The molecule has 2 aromatic carbocycles. The molecule has 1 amide bonds. The molecule has 0 aliphatic carbocycles. The minimum atomic E-state index is -0.282. The molecule has 0 atom stereocenters. The van der Waals surface area contributed by atoms with E-state index in [1.54, 1.807) is 17.4 Å². The van der Waals surface area contributed by atoms with Crippen molar-refractivity contribution in [3.63, 3.8) is 0 Å². The van der Waals surface area contributed by atoms with Crippen LogP contribution in [0.25, 0.3) is 21.3 Å². The van der Waals surface area contributed by atoms with Crippen LogP contribution in [0.15, 0.2) is 66.0 Å². The lowest BCUT2D eigenvalue weighted by Gasteiger charge is -2.12. The monoisotopic (exact) mass is 432 g/mol. The number of carbonyl (C=O) groups excluding carboxylic acids is 1. The molecule has 0 saturated heterocycles. The number of hydrogen-bond acceptors (Lipinski definition) is 3. The van der Waals surface area contributed by atoms with E-state index in [4.69, 9.17) is 0 Å². The van der Waals surface area contributed by atoms with E-state index in [0.29, 0.717) is 18.8 Å². The zero-order valence-electron chi connectivity index (χ0n) is 17.0. The fraction of sp³-hybridized carbons (Fsp3) is 0.167. The van der Waals surface area contributed by atoms with Crippen LogP contribution in [0.4, 0.5) is 4.39 Å². The first-order valence-corrected chi connectivity index (χ1v) is 11.1. The molecule has 5 aromatic rings. The Kier molecular flexibility index (Phi) is 5.03. The Morgan fingerprint density at radius 3 is 2.77 bits per heavy atom. The molecule has 0 bridgehead atoms. The lowest BCUT2D eigenvalue weighted by atomic mass is 10.2. The van der Waals surface area contributed by atoms with Crippen LogP contribution in [0.3, 0.4) is 0 Å². The molecule has 0 aliphatic heterocycles. The highest BCUT2D eigenvalue weighted by Gasteiger charge is 2.18. The third kappa shape index (κ3) is 3.61. The molecule has 0 saturated carbocycles. The number of hydrogen-bond donors (Lipinski definition) is 1. The number of amides is 1. The fourth-order valence-electron chi connectivity index (χ4n) is 4.02. The van der Waals surface area contributed by atoms with Crippen molar-refractivity contribution in [3.8, 4) is 0 Å². The highest BCUT2D eigenvalue weighted by molar-refractivity contribution is 7.17. The largest absolute Gasteiger partial charge is 0.344 e. The molecule has 5 nitrogen and oxygen atoms in total. The number of thiophene rings is 1. The number of nitrogens with one attached hydrogen (secondary N) is 1. The van der Waals surface area contributed by atoms with Crippen molar-refractivity contribution >= 4 is 38.5 Å². The van der Waals surface area contributed by atoms with Crippen LogP contribution in [0.2, 0.25) is 0 Å². The molecule has 0 fully saturated rings. The number of aryl methyl sites for hydroxylation is 1. The van der Waals surface area contributed by atoms with Crippen LogP contribution < -0.4 is 5.32 Å². The summed E-state index contributed by atoms with van der Waals surface area (Å²) in [5, 5.41) is 5.02. The highest BCUT2D eigenvalue weighted by Crippen LogP contribution is 2.26. The Labute approximate surface area is 182 Å². The van der Waals surface area contributed by atoms with Gasteiger partial charge in [-0.3, -0.25) is 4.79 Å². The minimum Gasteiger partial charge on any atom is -0.344 e. The zero-order chi connectivity index (χ0) is 21.4. The lowest BCUT2D eigenvalue weighted by molar-refractivity contribution is 0.0941. The summed E-state index contributed by atoms with van der Waals surface area (Å²) >= 11 is 1.59. The van der Waals surface area contributed by atoms with Crippen molar-refractivity contribution < 1.29 is 9.18 Å². The van der Waals surface area contributed by atoms with Crippen molar-refractivity contribution in [1.29, 1.82) is 0 Å². The van der Waals surface area contributed by atoms with Gasteiger partial charge in [-0.15, -0.1) is 11.3 Å².